The van der Waals surface area contributed by atoms with Gasteiger partial charge in [-0.25, -0.2) is 9.97 Å². The van der Waals surface area contributed by atoms with Crippen molar-refractivity contribution in [2.45, 2.75) is 58.2 Å². The van der Waals surface area contributed by atoms with Gasteiger partial charge in [-0.3, -0.25) is 4.79 Å². The first-order chi connectivity index (χ1) is 14.7. The fraction of sp³-hybridized carbons (Fsp3) is 0.522. The Bertz CT molecular complexity index is 899. The van der Waals surface area contributed by atoms with Crippen LogP contribution in [0.5, 0.6) is 11.6 Å². The number of aliphatic hydroxyl groups is 1. The molecular weight excluding hydrogens is 418 g/mol. The van der Waals surface area contributed by atoms with Crippen LogP contribution in [0.3, 0.4) is 0 Å². The van der Waals surface area contributed by atoms with E-state index >= 15 is 0 Å². The van der Waals surface area contributed by atoms with Crippen LogP contribution in [0.2, 0.25) is 5.02 Å². The molecule has 8 heteroatoms. The molecule has 1 aromatic heterocycles. The minimum atomic E-state index is -0.988. The van der Waals surface area contributed by atoms with Crippen LogP contribution in [-0.4, -0.2) is 52.3 Å². The van der Waals surface area contributed by atoms with Gasteiger partial charge in [0.2, 0.25) is 5.88 Å². The fourth-order valence-corrected chi connectivity index (χ4v) is 3.72. The highest BCUT2D eigenvalue weighted by Gasteiger charge is 2.28. The molecule has 0 saturated carbocycles. The molecule has 0 radical (unpaired) electrons. The van der Waals surface area contributed by atoms with Gasteiger partial charge < -0.3 is 19.5 Å². The van der Waals surface area contributed by atoms with Crippen molar-refractivity contribution in [2.75, 3.05) is 24.6 Å². The molecular formula is C23H30ClN3O4. The van der Waals surface area contributed by atoms with Crippen LogP contribution in [-0.2, 0) is 4.79 Å². The van der Waals surface area contributed by atoms with E-state index in [1.54, 1.807) is 13.8 Å². The number of Topliss-reactive ketones (excluding diaryl/α,β-unsaturated/α-hetero) is 1. The summed E-state index contributed by atoms with van der Waals surface area (Å²) in [5.74, 6) is 1.75. The van der Waals surface area contributed by atoms with Crippen LogP contribution in [0.1, 0.15) is 52.0 Å². The Morgan fingerprint density at radius 1 is 1.32 bits per heavy atom. The maximum absolute atomic E-state index is 11.9. The molecule has 2 aromatic rings. The van der Waals surface area contributed by atoms with E-state index in [1.165, 1.54) is 6.33 Å². The second kappa shape index (κ2) is 9.83. The zero-order valence-corrected chi connectivity index (χ0v) is 19.2. The Morgan fingerprint density at radius 3 is 2.68 bits per heavy atom. The Labute approximate surface area is 188 Å². The third-order valence-electron chi connectivity index (χ3n) is 5.26. The molecule has 1 aliphatic heterocycles. The van der Waals surface area contributed by atoms with Gasteiger partial charge in [0.15, 0.2) is 5.82 Å². The number of carbonyl (C=O) groups excluding carboxylic acids is 1. The van der Waals surface area contributed by atoms with Crippen molar-refractivity contribution in [1.82, 2.24) is 9.97 Å². The number of nitrogens with zero attached hydrogens (tertiary/aromatic N) is 3. The summed E-state index contributed by atoms with van der Waals surface area (Å²) in [5.41, 5.74) is 0.0108. The minimum absolute atomic E-state index is 0.00711. The summed E-state index contributed by atoms with van der Waals surface area (Å²) in [5, 5.41) is 10.2. The van der Waals surface area contributed by atoms with Gasteiger partial charge in [-0.1, -0.05) is 37.6 Å². The number of aromatic nitrogens is 2. The highest BCUT2D eigenvalue weighted by Crippen LogP contribution is 2.33. The lowest BCUT2D eigenvalue weighted by molar-refractivity contribution is -0.119. The van der Waals surface area contributed by atoms with Gasteiger partial charge in [0.25, 0.3) is 0 Å². The van der Waals surface area contributed by atoms with Gasteiger partial charge in [-0.05, 0) is 31.5 Å². The Kier molecular flexibility index (Phi) is 7.38. The number of ether oxygens (including phenoxy) is 2. The molecule has 31 heavy (non-hydrogen) atoms. The Balaban J connectivity index is 1.61. The molecule has 1 aliphatic rings. The lowest BCUT2D eigenvalue weighted by Gasteiger charge is -2.21. The molecule has 1 fully saturated rings. The minimum Gasteiger partial charge on any atom is -0.489 e. The normalized spacial score (nSPS) is 17.5. The highest BCUT2D eigenvalue weighted by atomic mass is 35.5. The molecule has 0 bridgehead atoms. The Morgan fingerprint density at radius 2 is 2.03 bits per heavy atom. The van der Waals surface area contributed by atoms with Gasteiger partial charge in [-0.2, -0.15) is 0 Å². The molecule has 1 saturated heterocycles. The second-order valence-electron chi connectivity index (χ2n) is 8.50. The average molecular weight is 448 g/mol. The van der Waals surface area contributed by atoms with Crippen LogP contribution in [0, 0.1) is 0 Å². The van der Waals surface area contributed by atoms with Crippen molar-refractivity contribution in [3.63, 3.8) is 0 Å². The third-order valence-corrected chi connectivity index (χ3v) is 5.59. The molecule has 0 spiro atoms. The zero-order valence-electron chi connectivity index (χ0n) is 18.5. The van der Waals surface area contributed by atoms with E-state index in [2.05, 4.69) is 9.97 Å². The SMILES string of the molecule is CCC(=O)C(C)c1ccc(OC2CCN(c3ncnc(OCC(C)(C)O)c3Cl)C2)cc1. The van der Waals surface area contributed by atoms with Crippen molar-refractivity contribution in [1.29, 1.82) is 0 Å². The van der Waals surface area contributed by atoms with Crippen LogP contribution < -0.4 is 14.4 Å². The Hall–Kier alpha value is -2.38. The summed E-state index contributed by atoms with van der Waals surface area (Å²) in [4.78, 5) is 22.4. The third kappa shape index (κ3) is 6.08. The van der Waals surface area contributed by atoms with Gasteiger partial charge >= 0.3 is 0 Å². The van der Waals surface area contributed by atoms with Crippen molar-refractivity contribution in [3.05, 3.63) is 41.2 Å². The van der Waals surface area contributed by atoms with Gasteiger partial charge in [-0.15, -0.1) is 0 Å². The standard InChI is InChI=1S/C23H30ClN3O4/c1-5-19(28)15(2)16-6-8-17(9-7-16)31-18-10-11-27(12-18)21-20(24)22(26-14-25-21)30-13-23(3,4)29/h6-9,14-15,18,29H,5,10-13H2,1-4H3. The van der Waals surface area contributed by atoms with Crippen molar-refractivity contribution in [2.24, 2.45) is 0 Å². The van der Waals surface area contributed by atoms with E-state index in [-0.39, 0.29) is 30.3 Å². The number of benzene rings is 1. The molecule has 0 amide bonds. The van der Waals surface area contributed by atoms with E-state index in [4.69, 9.17) is 21.1 Å². The summed E-state index contributed by atoms with van der Waals surface area (Å²) in [6.45, 7) is 8.57. The van der Waals surface area contributed by atoms with E-state index in [0.29, 0.717) is 23.8 Å². The lowest BCUT2D eigenvalue weighted by atomic mass is 9.95. The van der Waals surface area contributed by atoms with Gasteiger partial charge in [0.05, 0.1) is 12.1 Å². The van der Waals surface area contributed by atoms with Crippen LogP contribution >= 0.6 is 11.6 Å². The van der Waals surface area contributed by atoms with E-state index in [1.807, 2.05) is 43.0 Å². The molecule has 2 atom stereocenters. The summed E-state index contributed by atoms with van der Waals surface area (Å²) in [7, 11) is 0. The number of ketones is 1. The average Bonchev–Trinajstić information content (AvgIpc) is 3.20. The number of anilines is 1. The first-order valence-electron chi connectivity index (χ1n) is 10.6. The molecule has 2 heterocycles. The van der Waals surface area contributed by atoms with Crippen LogP contribution in [0.4, 0.5) is 5.82 Å². The highest BCUT2D eigenvalue weighted by molar-refractivity contribution is 6.34. The number of hydrogen-bond acceptors (Lipinski definition) is 7. The maximum atomic E-state index is 11.9. The summed E-state index contributed by atoms with van der Waals surface area (Å²) in [6.07, 6.45) is 2.76. The van der Waals surface area contributed by atoms with Gasteiger partial charge in [0, 0.05) is 25.3 Å². The van der Waals surface area contributed by atoms with E-state index in [9.17, 15) is 9.90 Å². The van der Waals surface area contributed by atoms with E-state index < -0.39 is 5.60 Å². The van der Waals surface area contributed by atoms with Crippen LogP contribution in [0.15, 0.2) is 30.6 Å². The van der Waals surface area contributed by atoms with Crippen molar-refractivity contribution in [3.8, 4) is 11.6 Å². The van der Waals surface area contributed by atoms with Crippen molar-refractivity contribution < 1.29 is 19.4 Å². The number of carbonyl (C=O) groups is 1. The van der Waals surface area contributed by atoms with Crippen LogP contribution in [0.25, 0.3) is 0 Å². The first kappa shape index (κ1) is 23.3. The lowest BCUT2D eigenvalue weighted by Crippen LogP contribution is -2.29. The van der Waals surface area contributed by atoms with Gasteiger partial charge in [0.1, 0.15) is 35.6 Å². The predicted octanol–water partition coefficient (Wildman–Crippen LogP) is 4.02. The monoisotopic (exact) mass is 447 g/mol. The molecule has 7 nitrogen and oxygen atoms in total. The fourth-order valence-electron chi connectivity index (χ4n) is 3.45. The molecule has 168 valence electrons. The number of hydrogen-bond donors (Lipinski definition) is 1. The van der Waals surface area contributed by atoms with Crippen molar-refractivity contribution >= 4 is 23.2 Å². The summed E-state index contributed by atoms with van der Waals surface area (Å²) >= 11 is 6.47. The second-order valence-corrected chi connectivity index (χ2v) is 8.88. The first-order valence-corrected chi connectivity index (χ1v) is 11.0. The molecule has 0 aliphatic carbocycles. The smallest absolute Gasteiger partial charge is 0.238 e. The largest absolute Gasteiger partial charge is 0.489 e. The molecule has 1 aromatic carbocycles. The quantitative estimate of drug-likeness (QED) is 0.621. The molecule has 1 N–H and O–H groups in total. The predicted molar refractivity (Wildman–Crippen MR) is 120 cm³/mol. The number of halogens is 1. The topological polar surface area (TPSA) is 84.8 Å². The van der Waals surface area contributed by atoms with E-state index in [0.717, 1.165) is 24.3 Å². The number of rotatable bonds is 9. The summed E-state index contributed by atoms with van der Waals surface area (Å²) in [6, 6.07) is 7.73. The maximum Gasteiger partial charge on any atom is 0.238 e. The molecule has 2 unspecified atom stereocenters. The zero-order chi connectivity index (χ0) is 22.6. The molecule has 3 rings (SSSR count). The summed E-state index contributed by atoms with van der Waals surface area (Å²) < 4.78 is 11.7.